The highest BCUT2D eigenvalue weighted by Gasteiger charge is 2.24. The van der Waals surface area contributed by atoms with E-state index in [-0.39, 0.29) is 11.8 Å². The van der Waals surface area contributed by atoms with Gasteiger partial charge < -0.3 is 19.5 Å². The number of benzene rings is 2. The largest absolute Gasteiger partial charge is 0.351 e. The number of amides is 2. The molecular weight excluding hydrogens is 449 g/mol. The number of hydrogen-bond acceptors (Lipinski definition) is 3. The number of nitrogens with zero attached hydrogens (tertiary/aromatic N) is 4. The first kappa shape index (κ1) is 18.9. The van der Waals surface area contributed by atoms with E-state index in [2.05, 4.69) is 26.1 Å². The Kier molecular flexibility index (Phi) is 4.78. The molecule has 0 unspecified atom stereocenters. The van der Waals surface area contributed by atoms with Gasteiger partial charge in [0, 0.05) is 48.6 Å². The number of anilines is 2. The number of nitrogens with one attached hydrogen (secondary N) is 1. The van der Waals surface area contributed by atoms with E-state index in [1.807, 2.05) is 47.0 Å². The van der Waals surface area contributed by atoms with Crippen LogP contribution in [0.15, 0.2) is 65.3 Å². The average molecular weight is 468 g/mol. The van der Waals surface area contributed by atoms with Crippen LogP contribution < -0.4 is 10.2 Å². The van der Waals surface area contributed by atoms with Crippen molar-refractivity contribution in [3.63, 3.8) is 0 Å². The van der Waals surface area contributed by atoms with Gasteiger partial charge in [0.15, 0.2) is 5.82 Å². The molecule has 3 heterocycles. The van der Waals surface area contributed by atoms with Crippen molar-refractivity contribution in [2.45, 2.75) is 0 Å². The van der Waals surface area contributed by atoms with Gasteiger partial charge in [0.2, 0.25) is 0 Å². The van der Waals surface area contributed by atoms with Gasteiger partial charge in [-0.3, -0.25) is 0 Å². The third kappa shape index (κ3) is 3.47. The van der Waals surface area contributed by atoms with Crippen molar-refractivity contribution in [2.75, 3.05) is 36.4 Å². The van der Waals surface area contributed by atoms with Gasteiger partial charge in [-0.1, -0.05) is 15.9 Å². The quantitative estimate of drug-likeness (QED) is 0.463. The number of aromatic nitrogens is 2. The molecule has 0 spiro atoms. The second-order valence-electron chi connectivity index (χ2n) is 7.24. The second kappa shape index (κ2) is 7.60. The Balaban J connectivity index is 1.35. The van der Waals surface area contributed by atoms with Gasteiger partial charge in [-0.15, -0.1) is 0 Å². The Morgan fingerprint density at radius 1 is 1.00 bits per heavy atom. The summed E-state index contributed by atoms with van der Waals surface area (Å²) in [7, 11) is 0. The van der Waals surface area contributed by atoms with Gasteiger partial charge in [-0.05, 0) is 48.5 Å². The molecule has 0 aliphatic carbocycles. The van der Waals surface area contributed by atoms with E-state index in [0.29, 0.717) is 31.7 Å². The molecule has 1 aliphatic heterocycles. The number of urea groups is 1. The van der Waals surface area contributed by atoms with Crippen LogP contribution in [0.5, 0.6) is 0 Å². The van der Waals surface area contributed by atoms with Crippen LogP contribution in [-0.2, 0) is 0 Å². The molecule has 0 bridgehead atoms. The Hall–Kier alpha value is -3.13. The molecule has 4 aromatic rings. The molecule has 2 amide bonds. The molecular formula is C22H19BrFN5O. The lowest BCUT2D eigenvalue weighted by atomic mass is 10.2. The minimum atomic E-state index is -0.304. The Labute approximate surface area is 181 Å². The van der Waals surface area contributed by atoms with Crippen molar-refractivity contribution in [1.29, 1.82) is 0 Å². The molecule has 2 aromatic carbocycles. The van der Waals surface area contributed by atoms with E-state index < -0.39 is 0 Å². The number of carbonyl (C=O) groups is 1. The molecule has 1 N–H and O–H groups in total. The zero-order valence-corrected chi connectivity index (χ0v) is 17.6. The molecule has 1 saturated heterocycles. The first-order valence-corrected chi connectivity index (χ1v) is 10.5. The highest BCUT2D eigenvalue weighted by Crippen LogP contribution is 2.27. The normalized spacial score (nSPS) is 14.5. The van der Waals surface area contributed by atoms with E-state index in [9.17, 15) is 9.18 Å². The minimum Gasteiger partial charge on any atom is -0.351 e. The number of fused-ring (bicyclic) bond motifs is 3. The van der Waals surface area contributed by atoms with E-state index in [4.69, 9.17) is 4.98 Å². The summed E-state index contributed by atoms with van der Waals surface area (Å²) in [4.78, 5) is 21.3. The molecule has 6 nitrogen and oxygen atoms in total. The summed E-state index contributed by atoms with van der Waals surface area (Å²) >= 11 is 3.39. The van der Waals surface area contributed by atoms with Crippen molar-refractivity contribution in [1.82, 2.24) is 14.3 Å². The lowest BCUT2D eigenvalue weighted by molar-refractivity contribution is 0.208. The Morgan fingerprint density at radius 2 is 1.77 bits per heavy atom. The molecule has 2 aromatic heterocycles. The molecule has 5 rings (SSSR count). The summed E-state index contributed by atoms with van der Waals surface area (Å²) in [6.45, 7) is 2.47. The third-order valence-corrected chi connectivity index (χ3v) is 5.89. The lowest BCUT2D eigenvalue weighted by Crippen LogP contribution is -2.50. The number of rotatable bonds is 2. The molecule has 1 fully saturated rings. The lowest BCUT2D eigenvalue weighted by Gasteiger charge is -2.35. The molecule has 152 valence electrons. The second-order valence-corrected chi connectivity index (χ2v) is 8.16. The van der Waals surface area contributed by atoms with Gasteiger partial charge in [-0.2, -0.15) is 0 Å². The molecule has 0 saturated carbocycles. The maximum atomic E-state index is 13.8. The van der Waals surface area contributed by atoms with E-state index in [1.54, 1.807) is 11.0 Å². The van der Waals surface area contributed by atoms with Crippen LogP contribution in [0.25, 0.3) is 16.6 Å². The Bertz CT molecular complexity index is 1230. The standard InChI is InChI=1S/C22H19BrFN5O/c23-15-3-6-17(7-4-15)25-22(30)28-12-10-27(11-13-28)21-20-2-1-9-29(20)19-8-5-16(24)14-18(19)26-21/h1-9,14H,10-13H2,(H,25,30). The predicted molar refractivity (Wildman–Crippen MR) is 120 cm³/mol. The maximum Gasteiger partial charge on any atom is 0.321 e. The van der Waals surface area contributed by atoms with E-state index in [1.165, 1.54) is 12.1 Å². The monoisotopic (exact) mass is 467 g/mol. The van der Waals surface area contributed by atoms with E-state index in [0.717, 1.165) is 27.0 Å². The summed E-state index contributed by atoms with van der Waals surface area (Å²) in [6.07, 6.45) is 1.96. The number of piperazine rings is 1. The van der Waals surface area contributed by atoms with Gasteiger partial charge >= 0.3 is 6.03 Å². The SMILES string of the molecule is O=C(Nc1ccc(Br)cc1)N1CCN(c2nc3cc(F)ccc3n3cccc23)CC1. The summed E-state index contributed by atoms with van der Waals surface area (Å²) < 4.78 is 16.8. The van der Waals surface area contributed by atoms with Crippen LogP contribution in [0.4, 0.5) is 20.7 Å². The fourth-order valence-electron chi connectivity index (χ4n) is 3.82. The summed E-state index contributed by atoms with van der Waals surface area (Å²) in [5, 5.41) is 2.94. The smallest absolute Gasteiger partial charge is 0.321 e. The molecule has 0 atom stereocenters. The molecule has 30 heavy (non-hydrogen) atoms. The predicted octanol–water partition coefficient (Wildman–Crippen LogP) is 4.74. The van der Waals surface area contributed by atoms with Crippen LogP contribution in [0.1, 0.15) is 0 Å². The van der Waals surface area contributed by atoms with Gasteiger partial charge in [0.05, 0.1) is 16.6 Å². The molecule has 8 heteroatoms. The highest BCUT2D eigenvalue weighted by atomic mass is 79.9. The topological polar surface area (TPSA) is 52.9 Å². The van der Waals surface area contributed by atoms with Crippen LogP contribution in [0.3, 0.4) is 0 Å². The van der Waals surface area contributed by atoms with Crippen LogP contribution >= 0.6 is 15.9 Å². The van der Waals surface area contributed by atoms with Crippen LogP contribution in [-0.4, -0.2) is 46.5 Å². The van der Waals surface area contributed by atoms with Crippen LogP contribution in [0, 0.1) is 5.82 Å². The van der Waals surface area contributed by atoms with Gasteiger partial charge in [-0.25, -0.2) is 14.2 Å². The highest BCUT2D eigenvalue weighted by molar-refractivity contribution is 9.10. The fraction of sp³-hybridized carbons (Fsp3) is 0.182. The van der Waals surface area contributed by atoms with Crippen LogP contribution in [0.2, 0.25) is 0 Å². The van der Waals surface area contributed by atoms with Crippen molar-refractivity contribution in [2.24, 2.45) is 0 Å². The summed E-state index contributed by atoms with van der Waals surface area (Å²) in [5.74, 6) is 0.507. The zero-order chi connectivity index (χ0) is 20.7. The average Bonchev–Trinajstić information content (AvgIpc) is 3.25. The van der Waals surface area contributed by atoms with Crippen molar-refractivity contribution in [3.8, 4) is 0 Å². The first-order chi connectivity index (χ1) is 14.6. The first-order valence-electron chi connectivity index (χ1n) is 9.71. The fourth-order valence-corrected chi connectivity index (χ4v) is 4.09. The zero-order valence-electron chi connectivity index (χ0n) is 16.1. The van der Waals surface area contributed by atoms with Crippen molar-refractivity contribution < 1.29 is 9.18 Å². The van der Waals surface area contributed by atoms with E-state index >= 15 is 0 Å². The van der Waals surface area contributed by atoms with Crippen molar-refractivity contribution in [3.05, 3.63) is 71.1 Å². The van der Waals surface area contributed by atoms with Crippen molar-refractivity contribution >= 4 is 50.0 Å². The van der Waals surface area contributed by atoms with Gasteiger partial charge in [0.1, 0.15) is 5.82 Å². The number of hydrogen-bond donors (Lipinski definition) is 1. The molecule has 1 aliphatic rings. The minimum absolute atomic E-state index is 0.113. The summed E-state index contributed by atoms with van der Waals surface area (Å²) in [5.41, 5.74) is 3.22. The summed E-state index contributed by atoms with van der Waals surface area (Å²) in [6, 6.07) is 16.0. The van der Waals surface area contributed by atoms with Gasteiger partial charge in [0.25, 0.3) is 0 Å². The maximum absolute atomic E-state index is 13.8. The third-order valence-electron chi connectivity index (χ3n) is 5.36. The Morgan fingerprint density at radius 3 is 2.53 bits per heavy atom. The number of carbonyl (C=O) groups excluding carboxylic acids is 1. The number of halogens is 2. The molecule has 0 radical (unpaired) electrons.